The number of hydrogen-bond acceptors (Lipinski definition) is 3. The van der Waals surface area contributed by atoms with Crippen LogP contribution in [-0.4, -0.2) is 16.7 Å². The topological polar surface area (TPSA) is 42.4 Å². The minimum Gasteiger partial charge on any atom is -0.436 e. The Morgan fingerprint density at radius 1 is 1.17 bits per heavy atom. The van der Waals surface area contributed by atoms with Crippen molar-refractivity contribution in [2.75, 3.05) is 6.61 Å². The van der Waals surface area contributed by atoms with Crippen molar-refractivity contribution < 1.29 is 18.6 Å². The average molecular weight is 251 g/mol. The normalized spacial score (nSPS) is 10.4. The SMILES string of the molecule is OCCc1ccc(Oc2ncc(F)cc2F)cc1. The third-order valence-electron chi connectivity index (χ3n) is 2.31. The zero-order valence-corrected chi connectivity index (χ0v) is 9.44. The Hall–Kier alpha value is -2.01. The van der Waals surface area contributed by atoms with Crippen molar-refractivity contribution in [1.29, 1.82) is 0 Å². The van der Waals surface area contributed by atoms with E-state index in [0.717, 1.165) is 11.8 Å². The largest absolute Gasteiger partial charge is 0.436 e. The van der Waals surface area contributed by atoms with Gasteiger partial charge in [0.05, 0.1) is 6.20 Å². The van der Waals surface area contributed by atoms with E-state index in [9.17, 15) is 8.78 Å². The quantitative estimate of drug-likeness (QED) is 0.908. The molecule has 3 nitrogen and oxygen atoms in total. The lowest BCUT2D eigenvalue weighted by Gasteiger charge is -2.06. The molecule has 1 heterocycles. The fourth-order valence-electron chi connectivity index (χ4n) is 1.44. The number of hydrogen-bond donors (Lipinski definition) is 1. The molecule has 0 radical (unpaired) electrons. The predicted octanol–water partition coefficient (Wildman–Crippen LogP) is 2.69. The summed E-state index contributed by atoms with van der Waals surface area (Å²) in [5.41, 5.74) is 0.942. The molecule has 1 aromatic carbocycles. The molecule has 0 saturated carbocycles. The Balaban J connectivity index is 2.13. The molecule has 0 aliphatic carbocycles. The van der Waals surface area contributed by atoms with Crippen LogP contribution in [0.1, 0.15) is 5.56 Å². The zero-order chi connectivity index (χ0) is 13.0. The molecule has 1 aromatic heterocycles. The molecule has 0 unspecified atom stereocenters. The van der Waals surface area contributed by atoms with Crippen LogP contribution in [0.5, 0.6) is 11.6 Å². The van der Waals surface area contributed by atoms with Crippen molar-refractivity contribution in [2.45, 2.75) is 6.42 Å². The number of pyridine rings is 1. The summed E-state index contributed by atoms with van der Waals surface area (Å²) in [4.78, 5) is 3.52. The summed E-state index contributed by atoms with van der Waals surface area (Å²) in [5, 5.41) is 8.76. The van der Waals surface area contributed by atoms with E-state index in [0.29, 0.717) is 18.2 Å². The summed E-state index contributed by atoms with van der Waals surface area (Å²) in [6, 6.07) is 7.49. The molecule has 1 N–H and O–H groups in total. The fraction of sp³-hybridized carbons (Fsp3) is 0.154. The molecule has 2 rings (SSSR count). The highest BCUT2D eigenvalue weighted by Gasteiger charge is 2.07. The van der Waals surface area contributed by atoms with Crippen LogP contribution in [0.3, 0.4) is 0 Å². The second-order valence-electron chi connectivity index (χ2n) is 3.66. The van der Waals surface area contributed by atoms with Gasteiger partial charge in [-0.1, -0.05) is 12.1 Å². The second-order valence-corrected chi connectivity index (χ2v) is 3.66. The molecule has 0 amide bonds. The first kappa shape index (κ1) is 12.4. The monoisotopic (exact) mass is 251 g/mol. The number of ether oxygens (including phenoxy) is 1. The van der Waals surface area contributed by atoms with E-state index in [1.165, 1.54) is 0 Å². The van der Waals surface area contributed by atoms with E-state index in [4.69, 9.17) is 9.84 Å². The summed E-state index contributed by atoms with van der Waals surface area (Å²) in [6.45, 7) is 0.0638. The van der Waals surface area contributed by atoms with Gasteiger partial charge in [-0.05, 0) is 24.1 Å². The third-order valence-corrected chi connectivity index (χ3v) is 2.31. The van der Waals surface area contributed by atoms with Gasteiger partial charge in [-0.2, -0.15) is 0 Å². The van der Waals surface area contributed by atoms with Crippen molar-refractivity contribution in [1.82, 2.24) is 4.98 Å². The van der Waals surface area contributed by atoms with Gasteiger partial charge < -0.3 is 9.84 Å². The van der Waals surface area contributed by atoms with Gasteiger partial charge in [-0.3, -0.25) is 0 Å². The number of rotatable bonds is 4. The van der Waals surface area contributed by atoms with Crippen LogP contribution in [0.25, 0.3) is 0 Å². The molecular weight excluding hydrogens is 240 g/mol. The predicted molar refractivity (Wildman–Crippen MR) is 61.5 cm³/mol. The summed E-state index contributed by atoms with van der Waals surface area (Å²) < 4.78 is 31.1. The lowest BCUT2D eigenvalue weighted by molar-refractivity contribution is 0.299. The van der Waals surface area contributed by atoms with Crippen molar-refractivity contribution in [2.24, 2.45) is 0 Å². The van der Waals surface area contributed by atoms with Gasteiger partial charge in [0.2, 0.25) is 0 Å². The number of aliphatic hydroxyl groups is 1. The first-order valence-corrected chi connectivity index (χ1v) is 5.38. The first-order chi connectivity index (χ1) is 8.69. The van der Waals surface area contributed by atoms with Gasteiger partial charge >= 0.3 is 0 Å². The van der Waals surface area contributed by atoms with Crippen molar-refractivity contribution in [3.8, 4) is 11.6 Å². The maximum Gasteiger partial charge on any atom is 0.256 e. The van der Waals surface area contributed by atoms with Gasteiger partial charge in [0.25, 0.3) is 5.88 Å². The highest BCUT2D eigenvalue weighted by Crippen LogP contribution is 2.22. The Kier molecular flexibility index (Phi) is 3.84. The molecule has 18 heavy (non-hydrogen) atoms. The lowest BCUT2D eigenvalue weighted by atomic mass is 10.1. The van der Waals surface area contributed by atoms with Crippen LogP contribution in [-0.2, 0) is 6.42 Å². The molecule has 0 spiro atoms. The summed E-state index contributed by atoms with van der Waals surface area (Å²) in [5.74, 6) is -1.48. The molecule has 0 fully saturated rings. The fourth-order valence-corrected chi connectivity index (χ4v) is 1.44. The summed E-state index contributed by atoms with van der Waals surface area (Å²) in [6.07, 6.45) is 1.43. The van der Waals surface area contributed by atoms with E-state index in [1.807, 2.05) is 0 Å². The highest BCUT2D eigenvalue weighted by atomic mass is 19.1. The zero-order valence-electron chi connectivity index (χ0n) is 9.44. The Morgan fingerprint density at radius 3 is 2.50 bits per heavy atom. The van der Waals surface area contributed by atoms with Crippen LogP contribution in [0, 0.1) is 11.6 Å². The minimum atomic E-state index is -0.852. The molecule has 94 valence electrons. The molecule has 5 heteroatoms. The van der Waals surface area contributed by atoms with E-state index < -0.39 is 11.6 Å². The second kappa shape index (κ2) is 5.55. The van der Waals surface area contributed by atoms with Crippen LogP contribution in [0.4, 0.5) is 8.78 Å². The molecule has 0 saturated heterocycles. The number of aromatic nitrogens is 1. The molecule has 0 atom stereocenters. The number of benzene rings is 1. The van der Waals surface area contributed by atoms with Gasteiger partial charge in [0.1, 0.15) is 11.6 Å². The lowest BCUT2D eigenvalue weighted by Crippen LogP contribution is -1.94. The average Bonchev–Trinajstić information content (AvgIpc) is 2.35. The minimum absolute atomic E-state index is 0.0638. The summed E-state index contributed by atoms with van der Waals surface area (Å²) >= 11 is 0. The van der Waals surface area contributed by atoms with Crippen LogP contribution >= 0.6 is 0 Å². The summed E-state index contributed by atoms with van der Waals surface area (Å²) in [7, 11) is 0. The Morgan fingerprint density at radius 2 is 1.89 bits per heavy atom. The maximum atomic E-state index is 13.3. The molecule has 0 bridgehead atoms. The van der Waals surface area contributed by atoms with Crippen LogP contribution in [0.15, 0.2) is 36.5 Å². The smallest absolute Gasteiger partial charge is 0.256 e. The van der Waals surface area contributed by atoms with Crippen LogP contribution < -0.4 is 4.74 Å². The number of halogens is 2. The molecule has 0 aliphatic rings. The number of aliphatic hydroxyl groups excluding tert-OH is 1. The van der Waals surface area contributed by atoms with E-state index in [-0.39, 0.29) is 12.5 Å². The van der Waals surface area contributed by atoms with E-state index in [2.05, 4.69) is 4.98 Å². The van der Waals surface area contributed by atoms with E-state index >= 15 is 0 Å². The third kappa shape index (κ3) is 3.01. The van der Waals surface area contributed by atoms with Gasteiger partial charge in [0.15, 0.2) is 5.82 Å². The van der Waals surface area contributed by atoms with Crippen molar-refractivity contribution in [3.05, 3.63) is 53.7 Å². The standard InChI is InChI=1S/C13H11F2NO2/c14-10-7-12(15)13(16-8-10)18-11-3-1-9(2-4-11)5-6-17/h1-4,7-8,17H,5-6H2. The molecular formula is C13H11F2NO2. The van der Waals surface area contributed by atoms with Crippen LogP contribution in [0.2, 0.25) is 0 Å². The van der Waals surface area contributed by atoms with Crippen molar-refractivity contribution >= 4 is 0 Å². The molecule has 0 aliphatic heterocycles. The maximum absolute atomic E-state index is 13.3. The first-order valence-electron chi connectivity index (χ1n) is 5.38. The van der Waals surface area contributed by atoms with Crippen molar-refractivity contribution in [3.63, 3.8) is 0 Å². The molecule has 2 aromatic rings. The highest BCUT2D eigenvalue weighted by molar-refractivity contribution is 5.31. The van der Waals surface area contributed by atoms with E-state index in [1.54, 1.807) is 24.3 Å². The van der Waals surface area contributed by atoms with Gasteiger partial charge in [-0.15, -0.1) is 0 Å². The van der Waals surface area contributed by atoms with Gasteiger partial charge in [-0.25, -0.2) is 13.8 Å². The van der Waals surface area contributed by atoms with Gasteiger partial charge in [0, 0.05) is 12.7 Å². The number of nitrogens with zero attached hydrogens (tertiary/aromatic N) is 1. The Bertz CT molecular complexity index is 529. The Labute approximate surface area is 103 Å².